The van der Waals surface area contributed by atoms with Crippen molar-refractivity contribution in [2.24, 2.45) is 0 Å². The van der Waals surface area contributed by atoms with Gasteiger partial charge in [-0.1, -0.05) is 11.6 Å². The van der Waals surface area contributed by atoms with Crippen molar-refractivity contribution in [3.05, 3.63) is 53.6 Å². The third-order valence-corrected chi connectivity index (χ3v) is 6.13. The van der Waals surface area contributed by atoms with E-state index in [1.165, 1.54) is 24.3 Å². The summed E-state index contributed by atoms with van der Waals surface area (Å²) in [4.78, 5) is 4.39. The van der Waals surface area contributed by atoms with Crippen LogP contribution in [0, 0.1) is 0 Å². The lowest BCUT2D eigenvalue weighted by molar-refractivity contribution is 0.197. The topological polar surface area (TPSA) is 90.7 Å². The second-order valence-electron chi connectivity index (χ2n) is 6.34. The molecular formula is C21H23ClN2O5S. The number of rotatable bonds is 10. The molecule has 3 aromatic rings. The van der Waals surface area contributed by atoms with E-state index in [0.29, 0.717) is 42.5 Å². The zero-order valence-electron chi connectivity index (χ0n) is 16.7. The van der Waals surface area contributed by atoms with Gasteiger partial charge in [0.15, 0.2) is 0 Å². The van der Waals surface area contributed by atoms with Crippen molar-refractivity contribution in [2.75, 3.05) is 32.2 Å². The number of halogens is 1. The molecule has 0 bridgehead atoms. The van der Waals surface area contributed by atoms with E-state index in [0.717, 1.165) is 0 Å². The maximum absolute atomic E-state index is 13.2. The lowest BCUT2D eigenvalue weighted by atomic mass is 10.2. The van der Waals surface area contributed by atoms with Gasteiger partial charge in [-0.3, -0.25) is 0 Å². The largest absolute Gasteiger partial charge is 0.494 e. The molecule has 2 aromatic carbocycles. The van der Waals surface area contributed by atoms with Gasteiger partial charge in [0.2, 0.25) is 26.6 Å². The van der Waals surface area contributed by atoms with Gasteiger partial charge in [-0.05, 0) is 61.9 Å². The molecule has 0 fully saturated rings. The minimum absolute atomic E-state index is 0.0818. The number of anilines is 1. The van der Waals surface area contributed by atoms with Crippen LogP contribution in [0.15, 0.2) is 62.9 Å². The van der Waals surface area contributed by atoms with Crippen molar-refractivity contribution >= 4 is 27.3 Å². The van der Waals surface area contributed by atoms with Crippen LogP contribution >= 0.6 is 11.6 Å². The van der Waals surface area contributed by atoms with Crippen LogP contribution in [0.25, 0.3) is 11.5 Å². The Bertz CT molecular complexity index is 1060. The molecule has 0 saturated carbocycles. The highest BCUT2D eigenvalue weighted by molar-refractivity contribution is 7.91. The Labute approximate surface area is 180 Å². The highest BCUT2D eigenvalue weighted by Crippen LogP contribution is 2.33. The number of hydrogen-bond donors (Lipinski definition) is 1. The fraction of sp³-hybridized carbons (Fsp3) is 0.286. The minimum atomic E-state index is -3.91. The quantitative estimate of drug-likeness (QED) is 0.448. The Balaban J connectivity index is 1.98. The Kier molecular flexibility index (Phi) is 7.36. The predicted molar refractivity (Wildman–Crippen MR) is 115 cm³/mol. The molecule has 0 radical (unpaired) electrons. The van der Waals surface area contributed by atoms with Gasteiger partial charge in [0.1, 0.15) is 5.75 Å². The fourth-order valence-electron chi connectivity index (χ4n) is 2.73. The SMILES string of the molecule is CCOc1ccc(-c2nc(S(=O)(=O)c3ccc(Cl)cc3)c(NCCCOC)o2)cc1. The van der Waals surface area contributed by atoms with Crippen molar-refractivity contribution in [1.82, 2.24) is 4.98 Å². The first kappa shape index (κ1) is 22.1. The van der Waals surface area contributed by atoms with Crippen LogP contribution in [0.1, 0.15) is 13.3 Å². The molecule has 0 aliphatic rings. The predicted octanol–water partition coefficient (Wildman–Crippen LogP) is 4.67. The van der Waals surface area contributed by atoms with E-state index >= 15 is 0 Å². The number of sulfone groups is 1. The van der Waals surface area contributed by atoms with E-state index in [4.69, 9.17) is 25.5 Å². The van der Waals surface area contributed by atoms with Crippen LogP contribution in [-0.2, 0) is 14.6 Å². The number of benzene rings is 2. The molecule has 9 heteroatoms. The molecule has 3 rings (SSSR count). The summed E-state index contributed by atoms with van der Waals surface area (Å²) >= 11 is 5.89. The number of nitrogens with zero attached hydrogens (tertiary/aromatic N) is 1. The first-order chi connectivity index (χ1) is 14.5. The second-order valence-corrected chi connectivity index (χ2v) is 8.64. The number of nitrogens with one attached hydrogen (secondary N) is 1. The first-order valence-corrected chi connectivity index (χ1v) is 11.3. The van der Waals surface area contributed by atoms with Gasteiger partial charge < -0.3 is 19.2 Å². The Morgan fingerprint density at radius 3 is 2.43 bits per heavy atom. The van der Waals surface area contributed by atoms with Crippen molar-refractivity contribution in [3.8, 4) is 17.2 Å². The molecule has 0 aliphatic carbocycles. The fourth-order valence-corrected chi connectivity index (χ4v) is 4.13. The lowest BCUT2D eigenvalue weighted by Gasteiger charge is -2.06. The van der Waals surface area contributed by atoms with E-state index < -0.39 is 9.84 Å². The monoisotopic (exact) mass is 450 g/mol. The van der Waals surface area contributed by atoms with E-state index in [2.05, 4.69) is 10.3 Å². The van der Waals surface area contributed by atoms with Gasteiger partial charge in [0, 0.05) is 30.8 Å². The molecule has 1 aromatic heterocycles. The first-order valence-electron chi connectivity index (χ1n) is 9.43. The normalized spacial score (nSPS) is 11.4. The molecule has 0 atom stereocenters. The molecule has 7 nitrogen and oxygen atoms in total. The van der Waals surface area contributed by atoms with Crippen LogP contribution < -0.4 is 10.1 Å². The maximum Gasteiger partial charge on any atom is 0.233 e. The minimum Gasteiger partial charge on any atom is -0.494 e. The highest BCUT2D eigenvalue weighted by Gasteiger charge is 2.28. The van der Waals surface area contributed by atoms with Crippen LogP contribution in [0.2, 0.25) is 5.02 Å². The van der Waals surface area contributed by atoms with E-state index in [9.17, 15) is 8.42 Å². The highest BCUT2D eigenvalue weighted by atomic mass is 35.5. The Morgan fingerprint density at radius 2 is 1.80 bits per heavy atom. The standard InChI is InChI=1S/C21H23ClN2O5S/c1-3-28-17-9-5-15(6-10-17)19-24-21(20(29-19)23-13-4-14-27-2)30(25,26)18-11-7-16(22)8-12-18/h5-12,23H,3-4,13-14H2,1-2H3. The summed E-state index contributed by atoms with van der Waals surface area (Å²) in [7, 11) is -2.31. The van der Waals surface area contributed by atoms with Crippen molar-refractivity contribution in [3.63, 3.8) is 0 Å². The summed E-state index contributed by atoms with van der Waals surface area (Å²) in [6.07, 6.45) is 0.677. The van der Waals surface area contributed by atoms with Gasteiger partial charge in [-0.25, -0.2) is 8.42 Å². The zero-order valence-corrected chi connectivity index (χ0v) is 18.3. The maximum atomic E-state index is 13.2. The third-order valence-electron chi connectivity index (χ3n) is 4.20. The van der Waals surface area contributed by atoms with Gasteiger partial charge in [0.05, 0.1) is 11.5 Å². The molecule has 0 saturated heterocycles. The summed E-state index contributed by atoms with van der Waals surface area (Å²) in [6.45, 7) is 3.45. The number of ether oxygens (including phenoxy) is 2. The van der Waals surface area contributed by atoms with Gasteiger partial charge in [-0.15, -0.1) is 0 Å². The average molecular weight is 451 g/mol. The summed E-state index contributed by atoms with van der Waals surface area (Å²) in [6, 6.07) is 13.0. The Morgan fingerprint density at radius 1 is 1.10 bits per heavy atom. The van der Waals surface area contributed by atoms with Gasteiger partial charge in [0.25, 0.3) is 0 Å². The molecule has 1 N–H and O–H groups in total. The molecule has 0 aliphatic heterocycles. The van der Waals surface area contributed by atoms with Crippen LogP contribution in [0.4, 0.5) is 5.88 Å². The molecular weight excluding hydrogens is 428 g/mol. The van der Waals surface area contributed by atoms with Crippen molar-refractivity contribution in [2.45, 2.75) is 23.3 Å². The van der Waals surface area contributed by atoms with Gasteiger partial charge >= 0.3 is 0 Å². The third kappa shape index (κ3) is 5.13. The van der Waals surface area contributed by atoms with E-state index in [-0.39, 0.29) is 21.7 Å². The zero-order chi connectivity index (χ0) is 21.6. The van der Waals surface area contributed by atoms with E-state index in [1.807, 2.05) is 6.92 Å². The summed E-state index contributed by atoms with van der Waals surface area (Å²) in [5, 5.41) is 3.29. The molecule has 1 heterocycles. The molecule has 0 amide bonds. The van der Waals surface area contributed by atoms with Crippen molar-refractivity contribution in [1.29, 1.82) is 0 Å². The smallest absolute Gasteiger partial charge is 0.233 e. The molecule has 0 unspecified atom stereocenters. The number of aromatic nitrogens is 1. The van der Waals surface area contributed by atoms with Crippen LogP contribution in [-0.4, -0.2) is 40.3 Å². The van der Waals surface area contributed by atoms with Crippen molar-refractivity contribution < 1.29 is 22.3 Å². The second kappa shape index (κ2) is 9.97. The molecule has 30 heavy (non-hydrogen) atoms. The Hall–Kier alpha value is -2.55. The number of methoxy groups -OCH3 is 1. The average Bonchev–Trinajstić information content (AvgIpc) is 3.17. The molecule has 0 spiro atoms. The van der Waals surface area contributed by atoms with Crippen LogP contribution in [0.5, 0.6) is 5.75 Å². The summed E-state index contributed by atoms with van der Waals surface area (Å²) in [5.41, 5.74) is 0.635. The van der Waals surface area contributed by atoms with Gasteiger partial charge in [-0.2, -0.15) is 4.98 Å². The summed E-state index contributed by atoms with van der Waals surface area (Å²) in [5.74, 6) is 0.990. The number of hydrogen-bond acceptors (Lipinski definition) is 7. The lowest BCUT2D eigenvalue weighted by Crippen LogP contribution is -2.09. The number of oxazole rings is 1. The van der Waals surface area contributed by atoms with E-state index in [1.54, 1.807) is 31.4 Å². The molecule has 160 valence electrons. The summed E-state index contributed by atoms with van der Waals surface area (Å²) < 4.78 is 42.7. The van der Waals surface area contributed by atoms with Crippen LogP contribution in [0.3, 0.4) is 0 Å².